The number of aryl methyl sites for hydroxylation is 2. The van der Waals surface area contributed by atoms with Crippen LogP contribution in [0.15, 0.2) is 0 Å². The molecule has 0 saturated carbocycles. The van der Waals surface area contributed by atoms with Crippen LogP contribution in [-0.4, -0.2) is 29.5 Å². The normalized spacial score (nSPS) is 10.0. The molecule has 0 aliphatic carbocycles. The lowest BCUT2D eigenvalue weighted by atomic mass is 10.2. The lowest BCUT2D eigenvalue weighted by Gasteiger charge is -2.06. The first-order valence-electron chi connectivity index (χ1n) is 4.96. The van der Waals surface area contributed by atoms with E-state index in [2.05, 4.69) is 16.5 Å². The standard InChI is InChI=1S/C10H16N4O/c1-4-15-6-5-12-10-9(7-11)8(2)13-14(10)3/h12H,4-6H2,1-3H3. The summed E-state index contributed by atoms with van der Waals surface area (Å²) in [5.74, 6) is 0.759. The van der Waals surface area contributed by atoms with E-state index in [4.69, 9.17) is 10.00 Å². The second kappa shape index (κ2) is 5.37. The molecule has 0 unspecified atom stereocenters. The Morgan fingerprint density at radius 1 is 1.60 bits per heavy atom. The minimum Gasteiger partial charge on any atom is -0.380 e. The maximum atomic E-state index is 8.94. The highest BCUT2D eigenvalue weighted by molar-refractivity contribution is 5.54. The SMILES string of the molecule is CCOCCNc1c(C#N)c(C)nn1C. The van der Waals surface area contributed by atoms with Crippen molar-refractivity contribution in [2.45, 2.75) is 13.8 Å². The van der Waals surface area contributed by atoms with Crippen LogP contribution in [0.2, 0.25) is 0 Å². The number of hydrogen-bond donors (Lipinski definition) is 1. The highest BCUT2D eigenvalue weighted by Crippen LogP contribution is 2.16. The van der Waals surface area contributed by atoms with Crippen LogP contribution in [0.25, 0.3) is 0 Å². The molecule has 0 aliphatic heterocycles. The van der Waals surface area contributed by atoms with Crippen molar-refractivity contribution in [2.24, 2.45) is 7.05 Å². The van der Waals surface area contributed by atoms with Gasteiger partial charge in [-0.15, -0.1) is 0 Å². The van der Waals surface area contributed by atoms with Crippen molar-refractivity contribution >= 4 is 5.82 Å². The number of aromatic nitrogens is 2. The third kappa shape index (κ3) is 2.70. The van der Waals surface area contributed by atoms with E-state index < -0.39 is 0 Å². The summed E-state index contributed by atoms with van der Waals surface area (Å²) in [6, 6.07) is 2.14. The molecule has 82 valence electrons. The Morgan fingerprint density at radius 2 is 2.33 bits per heavy atom. The molecule has 5 nitrogen and oxygen atoms in total. The van der Waals surface area contributed by atoms with Crippen molar-refractivity contribution in [1.82, 2.24) is 9.78 Å². The lowest BCUT2D eigenvalue weighted by molar-refractivity contribution is 0.158. The minimum absolute atomic E-state index is 0.606. The molecule has 0 radical (unpaired) electrons. The molecule has 0 aliphatic rings. The smallest absolute Gasteiger partial charge is 0.142 e. The number of anilines is 1. The molecule has 0 amide bonds. The highest BCUT2D eigenvalue weighted by Gasteiger charge is 2.11. The van der Waals surface area contributed by atoms with Crippen molar-refractivity contribution in [1.29, 1.82) is 5.26 Å². The predicted octanol–water partition coefficient (Wildman–Crippen LogP) is 1.05. The van der Waals surface area contributed by atoms with Gasteiger partial charge in [0.05, 0.1) is 12.3 Å². The Balaban J connectivity index is 2.64. The first-order valence-corrected chi connectivity index (χ1v) is 4.96. The van der Waals surface area contributed by atoms with E-state index in [1.165, 1.54) is 0 Å². The van der Waals surface area contributed by atoms with Crippen molar-refractivity contribution in [3.8, 4) is 6.07 Å². The quantitative estimate of drug-likeness (QED) is 0.735. The summed E-state index contributed by atoms with van der Waals surface area (Å²) in [5, 5.41) is 16.3. The summed E-state index contributed by atoms with van der Waals surface area (Å²) in [6.07, 6.45) is 0. The van der Waals surface area contributed by atoms with Gasteiger partial charge in [0, 0.05) is 20.2 Å². The zero-order valence-electron chi connectivity index (χ0n) is 9.37. The monoisotopic (exact) mass is 208 g/mol. The van der Waals surface area contributed by atoms with Gasteiger partial charge < -0.3 is 10.1 Å². The number of nitriles is 1. The molecule has 1 aromatic rings. The zero-order chi connectivity index (χ0) is 11.3. The van der Waals surface area contributed by atoms with Crippen molar-refractivity contribution in [3.05, 3.63) is 11.3 Å². The Hall–Kier alpha value is -1.54. The van der Waals surface area contributed by atoms with E-state index >= 15 is 0 Å². The summed E-state index contributed by atoms with van der Waals surface area (Å²) in [4.78, 5) is 0. The molecule has 0 bridgehead atoms. The van der Waals surface area contributed by atoms with Crippen molar-refractivity contribution in [3.63, 3.8) is 0 Å². The van der Waals surface area contributed by atoms with Gasteiger partial charge in [0.1, 0.15) is 17.5 Å². The van der Waals surface area contributed by atoms with Crippen LogP contribution in [-0.2, 0) is 11.8 Å². The van der Waals surface area contributed by atoms with E-state index in [0.29, 0.717) is 25.3 Å². The summed E-state index contributed by atoms with van der Waals surface area (Å²) in [6.45, 7) is 5.80. The van der Waals surface area contributed by atoms with Crippen LogP contribution < -0.4 is 5.32 Å². The lowest BCUT2D eigenvalue weighted by Crippen LogP contribution is -2.12. The third-order valence-corrected chi connectivity index (χ3v) is 2.08. The molecule has 0 fully saturated rings. The molecule has 5 heteroatoms. The van der Waals surface area contributed by atoms with Crippen molar-refractivity contribution < 1.29 is 4.74 Å². The summed E-state index contributed by atoms with van der Waals surface area (Å²) in [5.41, 5.74) is 1.35. The number of rotatable bonds is 5. The van der Waals surface area contributed by atoms with Crippen molar-refractivity contribution in [2.75, 3.05) is 25.1 Å². The van der Waals surface area contributed by atoms with Crippen LogP contribution in [0.5, 0.6) is 0 Å². The van der Waals surface area contributed by atoms with Gasteiger partial charge in [-0.2, -0.15) is 10.4 Å². The highest BCUT2D eigenvalue weighted by atomic mass is 16.5. The van der Waals surface area contributed by atoms with E-state index in [9.17, 15) is 0 Å². The largest absolute Gasteiger partial charge is 0.380 e. The van der Waals surface area contributed by atoms with E-state index in [-0.39, 0.29) is 0 Å². The molecule has 0 spiro atoms. The molecule has 0 aromatic carbocycles. The van der Waals surface area contributed by atoms with E-state index in [1.54, 1.807) is 4.68 Å². The van der Waals surface area contributed by atoms with Crippen LogP contribution in [0, 0.1) is 18.3 Å². The van der Waals surface area contributed by atoms with Gasteiger partial charge in [-0.1, -0.05) is 0 Å². The van der Waals surface area contributed by atoms with Crippen LogP contribution in [0.1, 0.15) is 18.2 Å². The predicted molar refractivity (Wildman–Crippen MR) is 57.6 cm³/mol. The Labute approximate surface area is 89.6 Å². The number of nitrogens with one attached hydrogen (secondary N) is 1. The van der Waals surface area contributed by atoms with Gasteiger partial charge in [0.2, 0.25) is 0 Å². The van der Waals surface area contributed by atoms with E-state index in [0.717, 1.165) is 11.5 Å². The number of ether oxygens (including phenoxy) is 1. The molecule has 1 aromatic heterocycles. The molecule has 0 saturated heterocycles. The molecule has 0 atom stereocenters. The van der Waals surface area contributed by atoms with E-state index in [1.807, 2.05) is 20.9 Å². The fourth-order valence-electron chi connectivity index (χ4n) is 1.38. The van der Waals surface area contributed by atoms with Gasteiger partial charge in [-0.25, -0.2) is 0 Å². The Bertz CT molecular complexity index is 364. The fourth-order valence-corrected chi connectivity index (χ4v) is 1.38. The molecule has 1 heterocycles. The summed E-state index contributed by atoms with van der Waals surface area (Å²) < 4.78 is 6.88. The van der Waals surface area contributed by atoms with Crippen LogP contribution in [0.3, 0.4) is 0 Å². The number of nitrogens with zero attached hydrogens (tertiary/aromatic N) is 3. The third-order valence-electron chi connectivity index (χ3n) is 2.08. The molecular formula is C10H16N4O. The number of hydrogen-bond acceptors (Lipinski definition) is 4. The average Bonchev–Trinajstić information content (AvgIpc) is 2.48. The second-order valence-corrected chi connectivity index (χ2v) is 3.17. The first-order chi connectivity index (χ1) is 7.20. The van der Waals surface area contributed by atoms with Gasteiger partial charge in [0.15, 0.2) is 0 Å². The topological polar surface area (TPSA) is 62.9 Å². The van der Waals surface area contributed by atoms with Gasteiger partial charge >= 0.3 is 0 Å². The van der Waals surface area contributed by atoms with Gasteiger partial charge in [-0.3, -0.25) is 4.68 Å². The Kier molecular flexibility index (Phi) is 4.13. The maximum Gasteiger partial charge on any atom is 0.142 e. The first kappa shape index (κ1) is 11.5. The molecule has 1 N–H and O–H groups in total. The average molecular weight is 208 g/mol. The van der Waals surface area contributed by atoms with Gasteiger partial charge in [-0.05, 0) is 13.8 Å². The second-order valence-electron chi connectivity index (χ2n) is 3.17. The molecule has 1 rings (SSSR count). The minimum atomic E-state index is 0.606. The summed E-state index contributed by atoms with van der Waals surface area (Å²) in [7, 11) is 1.82. The molecular weight excluding hydrogens is 192 g/mol. The summed E-state index contributed by atoms with van der Waals surface area (Å²) >= 11 is 0. The van der Waals surface area contributed by atoms with Crippen LogP contribution in [0.4, 0.5) is 5.82 Å². The fraction of sp³-hybridized carbons (Fsp3) is 0.600. The molecule has 15 heavy (non-hydrogen) atoms. The van der Waals surface area contributed by atoms with Gasteiger partial charge in [0.25, 0.3) is 0 Å². The maximum absolute atomic E-state index is 8.94. The van der Waals surface area contributed by atoms with Crippen LogP contribution >= 0.6 is 0 Å². The zero-order valence-corrected chi connectivity index (χ0v) is 9.37. The Morgan fingerprint density at radius 3 is 2.93 bits per heavy atom.